The monoisotopic (exact) mass is 1030 g/mol. The third kappa shape index (κ3) is 16.8. The first-order chi connectivity index (χ1) is 35.0. The van der Waals surface area contributed by atoms with Crippen molar-refractivity contribution in [3.63, 3.8) is 0 Å². The molecule has 0 saturated heterocycles. The molecule has 2 nitrogen and oxygen atoms in total. The lowest BCUT2D eigenvalue weighted by molar-refractivity contribution is -0.425. The molecule has 0 N–H and O–H groups in total. The van der Waals surface area contributed by atoms with Crippen LogP contribution in [0.3, 0.4) is 0 Å². The van der Waals surface area contributed by atoms with Crippen LogP contribution in [0.4, 0.5) is 11.4 Å². The highest BCUT2D eigenvalue weighted by atomic mass is 35.5. The number of halogens is 1. The molecule has 0 spiro atoms. The zero-order valence-corrected chi connectivity index (χ0v) is 47.1. The second-order valence-corrected chi connectivity index (χ2v) is 20.3. The summed E-state index contributed by atoms with van der Waals surface area (Å²) in [6.45, 7) is 24.0. The van der Waals surface area contributed by atoms with Crippen LogP contribution >= 0.6 is 13.5 Å². The summed E-state index contributed by atoms with van der Waals surface area (Å²) in [5.74, 6) is 1.79. The van der Waals surface area contributed by atoms with Gasteiger partial charge >= 0.3 is 0 Å². The summed E-state index contributed by atoms with van der Waals surface area (Å²) < 4.78 is 2.57. The van der Waals surface area contributed by atoms with Gasteiger partial charge in [-0.1, -0.05) is 272 Å². The highest BCUT2D eigenvalue weighted by molar-refractivity contribution is 7.59. The quantitative estimate of drug-likeness (QED) is 0.0690. The van der Waals surface area contributed by atoms with Gasteiger partial charge in [0.1, 0.15) is 24.5 Å². The SMILES string of the molecule is C.C=CCCc1ccccc1.CC(C)CCc1ccccc1.Cc1cc([C@H](C)c2ccccc2)c(N2C=[N+](c3c([C@H](C)c4ccccc4)cc(C)cc3[C@H](C)c3ccccc3)CC2)c([C@H](C)c2ccccc2)c1.S.[Cl-]. The molecule has 8 aromatic rings. The van der Waals surface area contributed by atoms with Crippen molar-refractivity contribution in [2.75, 3.05) is 18.0 Å². The first kappa shape index (κ1) is 61.2. The number of anilines is 1. The number of aryl methyl sites for hydroxylation is 4. The van der Waals surface area contributed by atoms with E-state index in [1.54, 1.807) is 0 Å². The maximum atomic E-state index is 3.68. The molecule has 9 rings (SSSR count). The van der Waals surface area contributed by atoms with Gasteiger partial charge in [-0.2, -0.15) is 13.5 Å². The molecule has 8 aromatic carbocycles. The standard InChI is InChI=1S/C49H51N2.C11H16.C10H12.CH4.ClH.H2S/c1-34-29-44(36(3)40-19-11-7-12-20-40)48(45(30-34)37(4)41-21-13-8-14-22-41)50-27-28-51(33-50)49-46(38(5)42-23-15-9-16-24-42)31-35(2)32-47(49)39(6)43-25-17-10-18-26-43;1-10(2)8-9-11-6-4-3-5-7-11;1-2-3-7-10-8-5-4-6-9-10;;;/h7-26,29-33,36-39H,27-28H2,1-6H3;3-7,10H,8-9H2,1-2H3;2,4-6,8-9H,1,3,7H2;1H4;1H;1H2/q+1;;;;;/p-1/t36-,37-,38-,39-;;;;;/m1...../s1. The Bertz CT molecular complexity index is 2790. The molecular weight excluding hydrogens is 948 g/mol. The topological polar surface area (TPSA) is 6.25 Å². The van der Waals surface area contributed by atoms with E-state index >= 15 is 0 Å². The molecule has 1 aliphatic rings. The predicted octanol–water partition coefficient (Wildman–Crippen LogP) is 15.9. The van der Waals surface area contributed by atoms with Crippen molar-refractivity contribution in [3.05, 3.63) is 286 Å². The van der Waals surface area contributed by atoms with Crippen molar-refractivity contribution in [1.82, 2.24) is 0 Å². The zero-order valence-electron chi connectivity index (χ0n) is 45.4. The van der Waals surface area contributed by atoms with Gasteiger partial charge < -0.3 is 12.4 Å². The Morgan fingerprint density at radius 3 is 1.15 bits per heavy atom. The van der Waals surface area contributed by atoms with Crippen LogP contribution in [0.25, 0.3) is 0 Å². The maximum absolute atomic E-state index is 3.68. The van der Waals surface area contributed by atoms with E-state index in [1.165, 1.54) is 91.0 Å². The highest BCUT2D eigenvalue weighted by Crippen LogP contribution is 2.44. The fourth-order valence-electron chi connectivity index (χ4n) is 10.2. The number of nitrogens with zero attached hydrogens (tertiary/aromatic N) is 2. The van der Waals surface area contributed by atoms with Crippen LogP contribution in [0.15, 0.2) is 219 Å². The Balaban J connectivity index is 0.000000421. The van der Waals surface area contributed by atoms with Crippen molar-refractivity contribution in [3.8, 4) is 0 Å². The van der Waals surface area contributed by atoms with Crippen LogP contribution in [-0.4, -0.2) is 24.0 Å². The minimum Gasteiger partial charge on any atom is -1.00 e. The molecule has 0 radical (unpaired) electrons. The maximum Gasteiger partial charge on any atom is 0.244 e. The fourth-order valence-corrected chi connectivity index (χ4v) is 10.2. The molecule has 392 valence electrons. The summed E-state index contributed by atoms with van der Waals surface area (Å²) >= 11 is 0. The van der Waals surface area contributed by atoms with E-state index in [4.69, 9.17) is 0 Å². The van der Waals surface area contributed by atoms with Crippen LogP contribution in [0.2, 0.25) is 0 Å². The van der Waals surface area contributed by atoms with Gasteiger partial charge in [0.25, 0.3) is 0 Å². The first-order valence-corrected chi connectivity index (χ1v) is 26.6. The van der Waals surface area contributed by atoms with E-state index in [-0.39, 0.29) is 57.0 Å². The molecule has 0 bridgehead atoms. The second-order valence-electron chi connectivity index (χ2n) is 20.3. The van der Waals surface area contributed by atoms with Gasteiger partial charge in [-0.05, 0) is 78.8 Å². The molecule has 0 aliphatic carbocycles. The smallest absolute Gasteiger partial charge is 0.244 e. The number of hydrogen-bond acceptors (Lipinski definition) is 1. The third-order valence-corrected chi connectivity index (χ3v) is 14.5. The van der Waals surface area contributed by atoms with Gasteiger partial charge in [-0.3, -0.25) is 0 Å². The second kappa shape index (κ2) is 30.8. The van der Waals surface area contributed by atoms with Gasteiger partial charge in [0, 0.05) is 45.9 Å². The summed E-state index contributed by atoms with van der Waals surface area (Å²) in [4.78, 5) is 2.57. The third-order valence-electron chi connectivity index (χ3n) is 14.5. The van der Waals surface area contributed by atoms with Crippen LogP contribution in [0.5, 0.6) is 0 Å². The van der Waals surface area contributed by atoms with Crippen molar-refractivity contribution in [2.24, 2.45) is 5.92 Å². The molecule has 0 amide bonds. The van der Waals surface area contributed by atoms with Crippen molar-refractivity contribution in [1.29, 1.82) is 0 Å². The number of benzene rings is 8. The summed E-state index contributed by atoms with van der Waals surface area (Å²) in [6, 6.07) is 74.9. The summed E-state index contributed by atoms with van der Waals surface area (Å²) in [7, 11) is 0. The molecule has 1 heterocycles. The highest BCUT2D eigenvalue weighted by Gasteiger charge is 2.34. The van der Waals surface area contributed by atoms with Gasteiger partial charge in [0.15, 0.2) is 0 Å². The molecule has 0 fully saturated rings. The lowest BCUT2D eigenvalue weighted by Gasteiger charge is -2.25. The number of rotatable bonds is 16. The van der Waals surface area contributed by atoms with E-state index in [1.807, 2.05) is 12.1 Å². The molecule has 0 aromatic heterocycles. The van der Waals surface area contributed by atoms with Crippen molar-refractivity contribution >= 4 is 31.2 Å². The minimum atomic E-state index is 0. The molecule has 1 aliphatic heterocycles. The average Bonchev–Trinajstić information content (AvgIpc) is 3.92. The van der Waals surface area contributed by atoms with Crippen LogP contribution in [-0.2, 0) is 12.8 Å². The van der Waals surface area contributed by atoms with E-state index in [9.17, 15) is 0 Å². The summed E-state index contributed by atoms with van der Waals surface area (Å²) in [6.07, 6.45) is 9.09. The Labute approximate surface area is 467 Å². The lowest BCUT2D eigenvalue weighted by Crippen LogP contribution is -3.00. The van der Waals surface area contributed by atoms with Crippen LogP contribution in [0, 0.1) is 19.8 Å². The Morgan fingerprint density at radius 1 is 0.480 bits per heavy atom. The fraction of sp³-hybridized carbons (Fsp3) is 0.282. The minimum absolute atomic E-state index is 0. The largest absolute Gasteiger partial charge is 1.00 e. The molecule has 4 atom stereocenters. The van der Waals surface area contributed by atoms with Crippen molar-refractivity contribution in [2.45, 2.75) is 112 Å². The summed E-state index contributed by atoms with van der Waals surface area (Å²) in [5, 5.41) is 0. The summed E-state index contributed by atoms with van der Waals surface area (Å²) in [5.41, 5.74) is 19.1. The van der Waals surface area contributed by atoms with Gasteiger partial charge in [-0.25, -0.2) is 9.48 Å². The molecular formula is C71H85ClN2S. The lowest BCUT2D eigenvalue weighted by atomic mass is 9.83. The normalized spacial score (nSPS) is 13.1. The predicted molar refractivity (Wildman–Crippen MR) is 328 cm³/mol. The first-order valence-electron chi connectivity index (χ1n) is 26.6. The van der Waals surface area contributed by atoms with Gasteiger partial charge in [0.05, 0.1) is 0 Å². The van der Waals surface area contributed by atoms with Crippen LogP contribution < -0.4 is 17.3 Å². The van der Waals surface area contributed by atoms with Gasteiger partial charge in [0.2, 0.25) is 6.34 Å². The van der Waals surface area contributed by atoms with Gasteiger partial charge in [-0.15, -0.1) is 6.58 Å². The number of hydrogen-bond donors (Lipinski definition) is 0. The zero-order chi connectivity index (χ0) is 50.8. The number of allylic oxidation sites excluding steroid dienone is 1. The van der Waals surface area contributed by atoms with Crippen LogP contribution in [0.1, 0.15) is 152 Å². The van der Waals surface area contributed by atoms with E-state index in [2.05, 4.69) is 278 Å². The Hall–Kier alpha value is -6.39. The molecule has 0 unspecified atom stereocenters. The average molecular weight is 1030 g/mol. The Morgan fingerprint density at radius 2 is 0.800 bits per heavy atom. The van der Waals surface area contributed by atoms with Crippen molar-refractivity contribution < 1.29 is 17.0 Å². The molecule has 0 saturated carbocycles. The van der Waals surface area contributed by atoms with E-state index in [0.29, 0.717) is 0 Å². The van der Waals surface area contributed by atoms with E-state index < -0.39 is 0 Å². The van der Waals surface area contributed by atoms with E-state index in [0.717, 1.165) is 31.8 Å². The molecule has 75 heavy (non-hydrogen) atoms. The Kier molecular flexibility index (Phi) is 25.2. The molecule has 4 heteroatoms.